The number of imidazole rings is 1. The lowest BCUT2D eigenvalue weighted by Crippen LogP contribution is -2.47. The number of halogens is 7. The van der Waals surface area contributed by atoms with E-state index in [1.165, 1.54) is 35.4 Å². The van der Waals surface area contributed by atoms with E-state index in [4.69, 9.17) is 0 Å². The van der Waals surface area contributed by atoms with E-state index in [0.29, 0.717) is 5.52 Å². The van der Waals surface area contributed by atoms with Crippen LogP contribution in [0.4, 0.5) is 42.5 Å². The van der Waals surface area contributed by atoms with E-state index in [1.807, 2.05) is 0 Å². The Morgan fingerprint density at radius 1 is 0.806 bits per heavy atom. The van der Waals surface area contributed by atoms with Crippen molar-refractivity contribution in [3.05, 3.63) is 71.7 Å². The number of hydrogen-bond acceptors (Lipinski definition) is 4. The number of benzene rings is 2. The maximum Gasteiger partial charge on any atom is 0.419 e. The minimum absolute atomic E-state index is 0.0469. The van der Waals surface area contributed by atoms with Crippen molar-refractivity contribution in [2.45, 2.75) is 12.4 Å². The highest BCUT2D eigenvalue weighted by Crippen LogP contribution is 2.38. The fourth-order valence-corrected chi connectivity index (χ4v) is 4.30. The van der Waals surface area contributed by atoms with E-state index in [1.54, 1.807) is 4.90 Å². The Kier molecular flexibility index (Phi) is 5.76. The number of aromatic amines is 1. The zero-order valence-corrected chi connectivity index (χ0v) is 18.5. The molecule has 1 aliphatic rings. The first-order valence-corrected chi connectivity index (χ1v) is 10.9. The molecule has 0 aliphatic carbocycles. The third-order valence-corrected chi connectivity index (χ3v) is 6.01. The predicted octanol–water partition coefficient (Wildman–Crippen LogP) is 6.13. The second-order valence-corrected chi connectivity index (χ2v) is 8.33. The highest BCUT2D eigenvalue weighted by molar-refractivity contribution is 5.94. The summed E-state index contributed by atoms with van der Waals surface area (Å²) in [6.45, 7) is 0.910. The van der Waals surface area contributed by atoms with Gasteiger partial charge >= 0.3 is 12.4 Å². The zero-order valence-electron chi connectivity index (χ0n) is 18.5. The molecule has 188 valence electrons. The van der Waals surface area contributed by atoms with Gasteiger partial charge in [0.05, 0.1) is 22.2 Å². The van der Waals surface area contributed by atoms with Crippen LogP contribution in [0, 0.1) is 5.82 Å². The van der Waals surface area contributed by atoms with Gasteiger partial charge in [0.15, 0.2) is 0 Å². The molecule has 3 heterocycles. The van der Waals surface area contributed by atoms with Crippen LogP contribution in [0.15, 0.2) is 54.7 Å². The van der Waals surface area contributed by atoms with Crippen LogP contribution in [0.2, 0.25) is 0 Å². The molecule has 1 N–H and O–H groups in total. The van der Waals surface area contributed by atoms with Crippen molar-refractivity contribution in [3.63, 3.8) is 0 Å². The number of fused-ring (bicyclic) bond motifs is 1. The van der Waals surface area contributed by atoms with Gasteiger partial charge in [0.1, 0.15) is 11.6 Å². The Hall–Kier alpha value is -3.83. The Morgan fingerprint density at radius 2 is 1.53 bits per heavy atom. The van der Waals surface area contributed by atoms with E-state index in [0.717, 1.165) is 24.3 Å². The molecule has 1 fully saturated rings. The fourth-order valence-electron chi connectivity index (χ4n) is 4.30. The molecule has 0 bridgehead atoms. The quantitative estimate of drug-likeness (QED) is 0.338. The number of aromatic nitrogens is 3. The average molecular weight is 509 g/mol. The summed E-state index contributed by atoms with van der Waals surface area (Å²) in [5, 5.41) is 0. The molecule has 0 spiro atoms. The summed E-state index contributed by atoms with van der Waals surface area (Å²) in [5.74, 6) is -0.488. The van der Waals surface area contributed by atoms with Crippen LogP contribution in [0.1, 0.15) is 11.1 Å². The zero-order chi connectivity index (χ0) is 25.7. The minimum Gasteiger partial charge on any atom is -0.353 e. The Bertz CT molecular complexity index is 1400. The molecule has 5 nitrogen and oxygen atoms in total. The number of anilines is 2. The Labute approximate surface area is 200 Å². The van der Waals surface area contributed by atoms with Crippen molar-refractivity contribution in [1.29, 1.82) is 0 Å². The smallest absolute Gasteiger partial charge is 0.353 e. The normalized spacial score (nSPS) is 15.1. The van der Waals surface area contributed by atoms with E-state index >= 15 is 0 Å². The van der Waals surface area contributed by atoms with Gasteiger partial charge in [-0.2, -0.15) is 26.3 Å². The summed E-state index contributed by atoms with van der Waals surface area (Å²) < 4.78 is 94.7. The van der Waals surface area contributed by atoms with Crippen LogP contribution in [-0.4, -0.2) is 41.1 Å². The van der Waals surface area contributed by atoms with Gasteiger partial charge < -0.3 is 14.8 Å². The van der Waals surface area contributed by atoms with Crippen LogP contribution in [0.3, 0.4) is 0 Å². The van der Waals surface area contributed by atoms with Crippen molar-refractivity contribution in [1.82, 2.24) is 15.0 Å². The standard InChI is InChI=1S/C24H18F7N5/c25-16-4-1-3-14(11-16)17-12-15(23(26,27)28)13-19-20(17)34-22(33-19)36-9-7-35(8-10-36)21-18(24(29,30)31)5-2-6-32-21/h1-6,11-13H,7-10H2,(H,33,34). The number of alkyl halides is 6. The molecular formula is C24H18F7N5. The summed E-state index contributed by atoms with van der Waals surface area (Å²) in [7, 11) is 0. The average Bonchev–Trinajstić information content (AvgIpc) is 3.27. The van der Waals surface area contributed by atoms with Crippen molar-refractivity contribution in [2.75, 3.05) is 36.0 Å². The number of hydrogen-bond donors (Lipinski definition) is 1. The lowest BCUT2D eigenvalue weighted by atomic mass is 10.0. The monoisotopic (exact) mass is 509 g/mol. The van der Waals surface area contributed by atoms with Gasteiger partial charge in [0.2, 0.25) is 5.95 Å². The lowest BCUT2D eigenvalue weighted by Gasteiger charge is -2.36. The summed E-state index contributed by atoms with van der Waals surface area (Å²) in [4.78, 5) is 14.5. The number of H-pyrrole nitrogens is 1. The molecule has 4 aromatic rings. The Morgan fingerprint density at radius 3 is 2.19 bits per heavy atom. The van der Waals surface area contributed by atoms with E-state index in [9.17, 15) is 30.7 Å². The molecule has 2 aromatic carbocycles. The summed E-state index contributed by atoms with van der Waals surface area (Å²) in [6.07, 6.45) is -7.90. The summed E-state index contributed by atoms with van der Waals surface area (Å²) in [5.41, 5.74) is -1.02. The Balaban J connectivity index is 1.47. The van der Waals surface area contributed by atoms with Gasteiger partial charge in [0.25, 0.3) is 0 Å². The predicted molar refractivity (Wildman–Crippen MR) is 120 cm³/mol. The third-order valence-electron chi connectivity index (χ3n) is 6.01. The number of nitrogens with one attached hydrogen (secondary N) is 1. The molecule has 0 saturated carbocycles. The molecular weight excluding hydrogens is 491 g/mol. The molecule has 0 unspecified atom stereocenters. The van der Waals surface area contributed by atoms with Crippen molar-refractivity contribution >= 4 is 22.8 Å². The number of rotatable bonds is 3. The highest BCUT2D eigenvalue weighted by Gasteiger charge is 2.36. The van der Waals surface area contributed by atoms with Gasteiger partial charge in [-0.25, -0.2) is 14.4 Å². The fraction of sp³-hybridized carbons (Fsp3) is 0.250. The van der Waals surface area contributed by atoms with Gasteiger partial charge in [-0.05, 0) is 42.0 Å². The van der Waals surface area contributed by atoms with Gasteiger partial charge in [-0.1, -0.05) is 12.1 Å². The maximum atomic E-state index is 13.8. The first-order chi connectivity index (χ1) is 17.0. The molecule has 1 aliphatic heterocycles. The van der Waals surface area contributed by atoms with Crippen LogP contribution in [0.5, 0.6) is 0 Å². The second-order valence-electron chi connectivity index (χ2n) is 8.33. The van der Waals surface area contributed by atoms with Gasteiger partial charge in [0, 0.05) is 37.9 Å². The third kappa shape index (κ3) is 4.54. The maximum absolute atomic E-state index is 13.8. The molecule has 12 heteroatoms. The largest absolute Gasteiger partial charge is 0.419 e. The lowest BCUT2D eigenvalue weighted by molar-refractivity contribution is -0.138. The van der Waals surface area contributed by atoms with Crippen molar-refractivity contribution in [2.24, 2.45) is 0 Å². The first kappa shape index (κ1) is 23.9. The van der Waals surface area contributed by atoms with Crippen LogP contribution < -0.4 is 9.80 Å². The highest BCUT2D eigenvalue weighted by atomic mass is 19.4. The number of nitrogens with zero attached hydrogens (tertiary/aromatic N) is 4. The molecule has 0 amide bonds. The molecule has 5 rings (SSSR count). The van der Waals surface area contributed by atoms with Crippen molar-refractivity contribution in [3.8, 4) is 11.1 Å². The van der Waals surface area contributed by atoms with Gasteiger partial charge in [-0.15, -0.1) is 0 Å². The topological polar surface area (TPSA) is 48.1 Å². The first-order valence-electron chi connectivity index (χ1n) is 10.9. The number of piperazine rings is 1. The van der Waals surface area contributed by atoms with Crippen LogP contribution in [-0.2, 0) is 12.4 Å². The SMILES string of the molecule is Fc1cccc(-c2cc(C(F)(F)F)cc3nc(N4CCN(c5ncccc5C(F)(F)F)CC4)[nH]c23)c1. The molecule has 36 heavy (non-hydrogen) atoms. The van der Waals surface area contributed by atoms with Crippen molar-refractivity contribution < 1.29 is 30.7 Å². The molecule has 0 radical (unpaired) electrons. The molecule has 0 atom stereocenters. The van der Waals surface area contributed by atoms with E-state index in [-0.39, 0.29) is 54.6 Å². The van der Waals surface area contributed by atoms with Crippen LogP contribution >= 0.6 is 0 Å². The van der Waals surface area contributed by atoms with Crippen LogP contribution in [0.25, 0.3) is 22.2 Å². The van der Waals surface area contributed by atoms with E-state index in [2.05, 4.69) is 15.0 Å². The molecule has 1 saturated heterocycles. The van der Waals surface area contributed by atoms with Gasteiger partial charge in [-0.3, -0.25) is 0 Å². The van der Waals surface area contributed by atoms with E-state index < -0.39 is 29.3 Å². The number of pyridine rings is 1. The second kappa shape index (κ2) is 8.68. The molecule has 2 aromatic heterocycles. The summed E-state index contributed by atoms with van der Waals surface area (Å²) >= 11 is 0. The minimum atomic E-state index is -4.64. The summed E-state index contributed by atoms with van der Waals surface area (Å²) in [6, 6.07) is 9.29.